The Balaban J connectivity index is 2.14. The molecule has 0 aliphatic rings. The largest absolute Gasteiger partial charge is 0.359 e. The molecule has 0 bridgehead atoms. The third kappa shape index (κ3) is 2.51. The Hall–Kier alpha value is -2.71. The third-order valence-corrected chi connectivity index (χ3v) is 2.86. The summed E-state index contributed by atoms with van der Waals surface area (Å²) in [7, 11) is 0. The van der Waals surface area contributed by atoms with Crippen LogP contribution in [0, 0.1) is 24.0 Å². The Labute approximate surface area is 113 Å². The number of amides is 1. The Morgan fingerprint density at radius 3 is 2.75 bits per heavy atom. The number of hydrogen-bond acceptors (Lipinski definition) is 6. The first-order valence-electron chi connectivity index (χ1n) is 5.82. The van der Waals surface area contributed by atoms with Gasteiger partial charge in [-0.1, -0.05) is 5.16 Å². The van der Waals surface area contributed by atoms with E-state index in [0.29, 0.717) is 17.1 Å². The molecule has 0 aliphatic heterocycles. The summed E-state index contributed by atoms with van der Waals surface area (Å²) < 4.78 is 6.17. The van der Waals surface area contributed by atoms with E-state index < -0.39 is 11.0 Å². The first-order chi connectivity index (χ1) is 9.40. The lowest BCUT2D eigenvalue weighted by atomic mass is 10.2. The van der Waals surface area contributed by atoms with Crippen LogP contribution < -0.4 is 5.32 Å². The van der Waals surface area contributed by atoms with Gasteiger partial charge in [0.2, 0.25) is 5.91 Å². The van der Waals surface area contributed by atoms with Gasteiger partial charge < -0.3 is 9.84 Å². The summed E-state index contributed by atoms with van der Waals surface area (Å²) in [5.41, 5.74) is 0.903. The topological polar surface area (TPSA) is 116 Å². The van der Waals surface area contributed by atoms with Crippen LogP contribution in [0.25, 0.3) is 0 Å². The number of nitrogens with zero attached hydrogens (tertiary/aromatic N) is 4. The third-order valence-electron chi connectivity index (χ3n) is 2.86. The second kappa shape index (κ2) is 5.11. The average molecular weight is 279 g/mol. The van der Waals surface area contributed by atoms with Crippen LogP contribution in [-0.4, -0.2) is 25.8 Å². The van der Waals surface area contributed by atoms with E-state index in [-0.39, 0.29) is 11.6 Å². The standard InChI is InChI=1S/C11H13N5O4/c1-6-10(8(3)20-14-6)13-11(17)7(2)15-5-9(4-12-15)16(18)19/h4-5,7H,1-3H3,(H,13,17). The van der Waals surface area contributed by atoms with Gasteiger partial charge in [-0.2, -0.15) is 5.10 Å². The number of hydrogen-bond donors (Lipinski definition) is 1. The quantitative estimate of drug-likeness (QED) is 0.671. The maximum Gasteiger partial charge on any atom is 0.307 e. The van der Waals surface area contributed by atoms with E-state index in [1.165, 1.54) is 10.9 Å². The lowest BCUT2D eigenvalue weighted by molar-refractivity contribution is -0.385. The zero-order valence-electron chi connectivity index (χ0n) is 11.2. The second-order valence-electron chi connectivity index (χ2n) is 4.30. The molecule has 20 heavy (non-hydrogen) atoms. The SMILES string of the molecule is Cc1noc(C)c1NC(=O)C(C)n1cc([N+](=O)[O-])cn1. The van der Waals surface area contributed by atoms with Crippen molar-refractivity contribution in [2.75, 3.05) is 5.32 Å². The van der Waals surface area contributed by atoms with Gasteiger partial charge in [-0.15, -0.1) is 0 Å². The van der Waals surface area contributed by atoms with Crippen LogP contribution in [0.15, 0.2) is 16.9 Å². The molecule has 1 amide bonds. The molecule has 2 aromatic heterocycles. The summed E-state index contributed by atoms with van der Waals surface area (Å²) in [6, 6.07) is -0.697. The van der Waals surface area contributed by atoms with Gasteiger partial charge in [0.25, 0.3) is 0 Å². The molecule has 9 nitrogen and oxygen atoms in total. The van der Waals surface area contributed by atoms with E-state index >= 15 is 0 Å². The van der Waals surface area contributed by atoms with Crippen molar-refractivity contribution >= 4 is 17.3 Å². The molecule has 9 heteroatoms. The molecule has 1 N–H and O–H groups in total. The summed E-state index contributed by atoms with van der Waals surface area (Å²) in [5, 5.41) is 20.8. The predicted molar refractivity (Wildman–Crippen MR) is 68.2 cm³/mol. The van der Waals surface area contributed by atoms with Gasteiger partial charge in [0, 0.05) is 0 Å². The minimum Gasteiger partial charge on any atom is -0.359 e. The van der Waals surface area contributed by atoms with Gasteiger partial charge in [-0.25, -0.2) is 0 Å². The van der Waals surface area contributed by atoms with Gasteiger partial charge >= 0.3 is 5.69 Å². The van der Waals surface area contributed by atoms with Gasteiger partial charge in [0.15, 0.2) is 5.76 Å². The maximum atomic E-state index is 12.1. The molecule has 0 saturated carbocycles. The fourth-order valence-electron chi connectivity index (χ4n) is 1.64. The minimum absolute atomic E-state index is 0.165. The summed E-state index contributed by atoms with van der Waals surface area (Å²) in [4.78, 5) is 22.1. The van der Waals surface area contributed by atoms with Crippen LogP contribution >= 0.6 is 0 Å². The van der Waals surface area contributed by atoms with Crippen molar-refractivity contribution in [3.8, 4) is 0 Å². The van der Waals surface area contributed by atoms with Crippen molar-refractivity contribution in [2.45, 2.75) is 26.8 Å². The second-order valence-corrected chi connectivity index (χ2v) is 4.30. The van der Waals surface area contributed by atoms with Gasteiger partial charge in [0.05, 0.1) is 4.92 Å². The smallest absolute Gasteiger partial charge is 0.307 e. The summed E-state index contributed by atoms with van der Waals surface area (Å²) >= 11 is 0. The van der Waals surface area contributed by atoms with E-state index in [2.05, 4.69) is 15.6 Å². The number of nitro groups is 1. The molecular formula is C11H13N5O4. The van der Waals surface area contributed by atoms with Crippen LogP contribution in [0.3, 0.4) is 0 Å². The molecule has 0 spiro atoms. The highest BCUT2D eigenvalue weighted by atomic mass is 16.6. The van der Waals surface area contributed by atoms with Crippen molar-refractivity contribution in [3.05, 3.63) is 34.0 Å². The Morgan fingerprint density at radius 2 is 2.25 bits per heavy atom. The van der Waals surface area contributed by atoms with E-state index in [4.69, 9.17) is 4.52 Å². The van der Waals surface area contributed by atoms with Crippen LogP contribution in [0.4, 0.5) is 11.4 Å². The van der Waals surface area contributed by atoms with Crippen LogP contribution in [0.5, 0.6) is 0 Å². The summed E-state index contributed by atoms with van der Waals surface area (Å²) in [5.74, 6) is 0.131. The van der Waals surface area contributed by atoms with Crippen molar-refractivity contribution < 1.29 is 14.2 Å². The van der Waals surface area contributed by atoms with E-state index in [0.717, 1.165) is 6.20 Å². The normalized spacial score (nSPS) is 12.2. The van der Waals surface area contributed by atoms with Crippen LogP contribution in [0.2, 0.25) is 0 Å². The summed E-state index contributed by atoms with van der Waals surface area (Å²) in [6.07, 6.45) is 2.30. The Kier molecular flexibility index (Phi) is 3.51. The molecule has 2 rings (SSSR count). The van der Waals surface area contributed by atoms with Crippen molar-refractivity contribution in [1.82, 2.24) is 14.9 Å². The molecule has 1 atom stereocenters. The molecular weight excluding hydrogens is 266 g/mol. The highest BCUT2D eigenvalue weighted by molar-refractivity contribution is 5.94. The first-order valence-corrected chi connectivity index (χ1v) is 5.82. The fraction of sp³-hybridized carbons (Fsp3) is 0.364. The van der Waals surface area contributed by atoms with Crippen LogP contribution in [-0.2, 0) is 4.79 Å². The molecule has 2 aromatic rings. The zero-order valence-corrected chi connectivity index (χ0v) is 11.2. The summed E-state index contributed by atoms with van der Waals surface area (Å²) in [6.45, 7) is 4.97. The Morgan fingerprint density at radius 1 is 1.55 bits per heavy atom. The number of carbonyl (C=O) groups excluding carboxylic acids is 1. The highest BCUT2D eigenvalue weighted by Gasteiger charge is 2.21. The number of nitrogens with one attached hydrogen (secondary N) is 1. The minimum atomic E-state index is -0.697. The number of carbonyl (C=O) groups is 1. The van der Waals surface area contributed by atoms with Crippen LogP contribution in [0.1, 0.15) is 24.4 Å². The lowest BCUT2D eigenvalue weighted by Crippen LogP contribution is -2.24. The number of aryl methyl sites for hydroxylation is 2. The Bertz CT molecular complexity index is 640. The maximum absolute atomic E-state index is 12.1. The predicted octanol–water partition coefficient (Wildman–Crippen LogP) is 1.60. The monoisotopic (exact) mass is 279 g/mol. The van der Waals surface area contributed by atoms with E-state index in [9.17, 15) is 14.9 Å². The first kappa shape index (κ1) is 13.7. The van der Waals surface area contributed by atoms with Crippen molar-refractivity contribution in [2.24, 2.45) is 0 Å². The van der Waals surface area contributed by atoms with Gasteiger partial charge in [0.1, 0.15) is 29.8 Å². The molecule has 1 unspecified atom stereocenters. The average Bonchev–Trinajstić information content (AvgIpc) is 3.00. The number of anilines is 1. The highest BCUT2D eigenvalue weighted by Crippen LogP contribution is 2.21. The molecule has 2 heterocycles. The molecule has 0 aromatic carbocycles. The van der Waals surface area contributed by atoms with Gasteiger partial charge in [-0.05, 0) is 20.8 Å². The lowest BCUT2D eigenvalue weighted by Gasteiger charge is -2.11. The zero-order chi connectivity index (χ0) is 14.9. The van der Waals surface area contributed by atoms with E-state index in [1.807, 2.05) is 0 Å². The number of rotatable bonds is 4. The van der Waals surface area contributed by atoms with Crippen molar-refractivity contribution in [3.63, 3.8) is 0 Å². The fourth-order valence-corrected chi connectivity index (χ4v) is 1.64. The molecule has 0 fully saturated rings. The molecule has 0 aliphatic carbocycles. The van der Waals surface area contributed by atoms with Crippen molar-refractivity contribution in [1.29, 1.82) is 0 Å². The van der Waals surface area contributed by atoms with Gasteiger partial charge in [-0.3, -0.25) is 19.6 Å². The molecule has 0 saturated heterocycles. The molecule has 106 valence electrons. The van der Waals surface area contributed by atoms with E-state index in [1.54, 1.807) is 20.8 Å². The molecule has 0 radical (unpaired) electrons. The number of aromatic nitrogens is 3.